The number of halogens is 1. The maximum atomic E-state index is 13.2. The van der Waals surface area contributed by atoms with Gasteiger partial charge in [-0.05, 0) is 30.5 Å². The predicted octanol–water partition coefficient (Wildman–Crippen LogP) is 3.42. The van der Waals surface area contributed by atoms with E-state index in [1.807, 2.05) is 26.2 Å². The maximum Gasteiger partial charge on any atom is 0.263 e. The summed E-state index contributed by atoms with van der Waals surface area (Å²) in [6.07, 6.45) is 1.40. The molecule has 1 atom stereocenters. The molecular weight excluding hydrogens is 353 g/mol. The molecule has 0 spiro atoms. The molecule has 1 unspecified atom stereocenters. The van der Waals surface area contributed by atoms with Crippen molar-refractivity contribution in [3.63, 3.8) is 0 Å². The van der Waals surface area contributed by atoms with Gasteiger partial charge in [0.15, 0.2) is 0 Å². The van der Waals surface area contributed by atoms with Gasteiger partial charge in [-0.25, -0.2) is 9.37 Å². The Hall–Kier alpha value is -2.54. The molecule has 2 heterocycles. The summed E-state index contributed by atoms with van der Waals surface area (Å²) in [6, 6.07) is 5.99. The third-order valence-electron chi connectivity index (χ3n) is 4.42. The first-order valence-electron chi connectivity index (χ1n) is 8.38. The average Bonchev–Trinajstić information content (AvgIpc) is 3.02. The van der Waals surface area contributed by atoms with Crippen LogP contribution in [0.15, 0.2) is 40.8 Å². The molecule has 136 valence electrons. The van der Waals surface area contributed by atoms with Gasteiger partial charge in [0.1, 0.15) is 17.2 Å². The normalized spacial score (nSPS) is 12.5. The molecule has 3 aromatic rings. The van der Waals surface area contributed by atoms with Crippen LogP contribution in [0.2, 0.25) is 0 Å². The minimum Gasteiger partial charge on any atom is -0.352 e. The van der Waals surface area contributed by atoms with Gasteiger partial charge in [-0.3, -0.25) is 14.2 Å². The Morgan fingerprint density at radius 3 is 2.62 bits per heavy atom. The molecule has 0 radical (unpaired) electrons. The number of fused-ring (bicyclic) bond motifs is 1. The lowest BCUT2D eigenvalue weighted by Crippen LogP contribution is -2.39. The molecule has 0 bridgehead atoms. The minimum atomic E-state index is -0.334. The fourth-order valence-electron chi connectivity index (χ4n) is 2.54. The van der Waals surface area contributed by atoms with E-state index < -0.39 is 0 Å². The van der Waals surface area contributed by atoms with E-state index in [0.717, 1.165) is 5.56 Å². The summed E-state index contributed by atoms with van der Waals surface area (Å²) < 4.78 is 14.5. The van der Waals surface area contributed by atoms with Gasteiger partial charge in [-0.2, -0.15) is 0 Å². The molecule has 0 aliphatic carbocycles. The van der Waals surface area contributed by atoms with Gasteiger partial charge in [0.2, 0.25) is 5.91 Å². The number of carbonyl (C=O) groups excluding carboxylic acids is 1. The summed E-state index contributed by atoms with van der Waals surface area (Å²) in [4.78, 5) is 30.0. The first kappa shape index (κ1) is 18.3. The van der Waals surface area contributed by atoms with Crippen LogP contribution in [0.1, 0.15) is 20.8 Å². The lowest BCUT2D eigenvalue weighted by molar-refractivity contribution is -0.122. The number of carbonyl (C=O) groups is 1. The molecule has 0 fully saturated rings. The summed E-state index contributed by atoms with van der Waals surface area (Å²) in [5.41, 5.74) is 1.17. The van der Waals surface area contributed by atoms with E-state index in [0.29, 0.717) is 21.7 Å². The largest absolute Gasteiger partial charge is 0.352 e. The molecule has 26 heavy (non-hydrogen) atoms. The van der Waals surface area contributed by atoms with E-state index >= 15 is 0 Å². The van der Waals surface area contributed by atoms with Crippen molar-refractivity contribution in [2.24, 2.45) is 5.92 Å². The van der Waals surface area contributed by atoms with Crippen molar-refractivity contribution >= 4 is 27.5 Å². The molecule has 0 saturated carbocycles. The second-order valence-electron chi connectivity index (χ2n) is 6.61. The standard InChI is InChI=1S/C19H20FN3O2S/c1-11(2)12(3)22-16(24)8-23-10-21-18-17(19(23)25)15(9-26-18)13-4-6-14(20)7-5-13/h4-7,9-12H,8H2,1-3H3,(H,22,24). The van der Waals surface area contributed by atoms with Gasteiger partial charge < -0.3 is 5.32 Å². The highest BCUT2D eigenvalue weighted by Crippen LogP contribution is 2.30. The first-order chi connectivity index (χ1) is 12.4. The van der Waals surface area contributed by atoms with E-state index in [-0.39, 0.29) is 29.9 Å². The predicted molar refractivity (Wildman–Crippen MR) is 102 cm³/mol. The van der Waals surface area contributed by atoms with Crippen LogP contribution in [0.4, 0.5) is 4.39 Å². The van der Waals surface area contributed by atoms with Crippen molar-refractivity contribution in [1.29, 1.82) is 0 Å². The molecule has 1 aromatic carbocycles. The molecule has 1 amide bonds. The molecule has 2 aromatic heterocycles. The lowest BCUT2D eigenvalue weighted by atomic mass is 10.1. The van der Waals surface area contributed by atoms with Crippen LogP contribution in [0.5, 0.6) is 0 Å². The van der Waals surface area contributed by atoms with E-state index in [1.54, 1.807) is 12.1 Å². The number of thiophene rings is 1. The van der Waals surface area contributed by atoms with Crippen molar-refractivity contribution < 1.29 is 9.18 Å². The number of aromatic nitrogens is 2. The molecule has 0 saturated heterocycles. The van der Waals surface area contributed by atoms with Crippen LogP contribution in [0, 0.1) is 11.7 Å². The fraction of sp³-hybridized carbons (Fsp3) is 0.316. The van der Waals surface area contributed by atoms with Crippen LogP contribution in [-0.4, -0.2) is 21.5 Å². The summed E-state index contributed by atoms with van der Waals surface area (Å²) >= 11 is 1.35. The maximum absolute atomic E-state index is 13.2. The number of rotatable bonds is 5. The van der Waals surface area contributed by atoms with E-state index in [4.69, 9.17) is 0 Å². The highest BCUT2D eigenvalue weighted by Gasteiger charge is 2.16. The molecular formula is C19H20FN3O2S. The molecule has 0 aliphatic heterocycles. The van der Waals surface area contributed by atoms with Gasteiger partial charge in [0.25, 0.3) is 5.56 Å². The molecule has 7 heteroatoms. The van der Waals surface area contributed by atoms with Gasteiger partial charge in [0, 0.05) is 17.0 Å². The topological polar surface area (TPSA) is 64.0 Å². The van der Waals surface area contributed by atoms with Crippen LogP contribution in [0.3, 0.4) is 0 Å². The Bertz CT molecular complexity index is 992. The van der Waals surface area contributed by atoms with Crippen molar-refractivity contribution in [2.45, 2.75) is 33.4 Å². The first-order valence-corrected chi connectivity index (χ1v) is 9.26. The summed E-state index contributed by atoms with van der Waals surface area (Å²) in [5, 5.41) is 5.17. The number of hydrogen-bond donors (Lipinski definition) is 1. The van der Waals surface area contributed by atoms with Crippen LogP contribution < -0.4 is 10.9 Å². The van der Waals surface area contributed by atoms with E-state index in [2.05, 4.69) is 10.3 Å². The molecule has 0 aliphatic rings. The van der Waals surface area contributed by atoms with Gasteiger partial charge in [-0.1, -0.05) is 26.0 Å². The van der Waals surface area contributed by atoms with Crippen LogP contribution in [-0.2, 0) is 11.3 Å². The average molecular weight is 373 g/mol. The van der Waals surface area contributed by atoms with Crippen LogP contribution in [0.25, 0.3) is 21.3 Å². The van der Waals surface area contributed by atoms with Crippen molar-refractivity contribution in [3.8, 4) is 11.1 Å². The van der Waals surface area contributed by atoms with Gasteiger partial charge >= 0.3 is 0 Å². The number of nitrogens with zero attached hydrogens (tertiary/aromatic N) is 2. The Morgan fingerprint density at radius 2 is 1.96 bits per heavy atom. The number of benzene rings is 1. The third kappa shape index (κ3) is 3.67. The highest BCUT2D eigenvalue weighted by molar-refractivity contribution is 7.17. The summed E-state index contributed by atoms with van der Waals surface area (Å²) in [6.45, 7) is 5.88. The second kappa shape index (κ2) is 7.37. The quantitative estimate of drug-likeness (QED) is 0.745. The number of hydrogen-bond acceptors (Lipinski definition) is 4. The van der Waals surface area contributed by atoms with E-state index in [1.165, 1.54) is 34.4 Å². The Balaban J connectivity index is 1.95. The minimum absolute atomic E-state index is 0.0193. The van der Waals surface area contributed by atoms with Crippen molar-refractivity contribution in [3.05, 3.63) is 52.1 Å². The van der Waals surface area contributed by atoms with E-state index in [9.17, 15) is 14.0 Å². The van der Waals surface area contributed by atoms with Crippen LogP contribution >= 0.6 is 11.3 Å². The number of nitrogens with one attached hydrogen (secondary N) is 1. The lowest BCUT2D eigenvalue weighted by Gasteiger charge is -2.17. The smallest absolute Gasteiger partial charge is 0.263 e. The van der Waals surface area contributed by atoms with Crippen molar-refractivity contribution in [1.82, 2.24) is 14.9 Å². The fourth-order valence-corrected chi connectivity index (χ4v) is 3.45. The Kier molecular flexibility index (Phi) is 5.18. The molecule has 1 N–H and O–H groups in total. The molecule has 5 nitrogen and oxygen atoms in total. The van der Waals surface area contributed by atoms with Gasteiger partial charge in [0.05, 0.1) is 11.7 Å². The monoisotopic (exact) mass is 373 g/mol. The molecule has 3 rings (SSSR count). The zero-order valence-corrected chi connectivity index (χ0v) is 15.6. The number of amides is 1. The zero-order valence-electron chi connectivity index (χ0n) is 14.8. The Morgan fingerprint density at radius 1 is 1.27 bits per heavy atom. The van der Waals surface area contributed by atoms with Gasteiger partial charge in [-0.15, -0.1) is 11.3 Å². The summed E-state index contributed by atoms with van der Waals surface area (Å²) in [5.74, 6) is -0.258. The van der Waals surface area contributed by atoms with Crippen molar-refractivity contribution in [2.75, 3.05) is 0 Å². The summed E-state index contributed by atoms with van der Waals surface area (Å²) in [7, 11) is 0. The highest BCUT2D eigenvalue weighted by atomic mass is 32.1. The SMILES string of the molecule is CC(C)C(C)NC(=O)Cn1cnc2scc(-c3ccc(F)cc3)c2c1=O. The third-order valence-corrected chi connectivity index (χ3v) is 5.30. The Labute approximate surface area is 154 Å². The zero-order chi connectivity index (χ0) is 18.8. The second-order valence-corrected chi connectivity index (χ2v) is 7.47.